The smallest absolute Gasteiger partial charge is 0.305 e. The Morgan fingerprint density at radius 1 is 1.19 bits per heavy atom. The van der Waals surface area contributed by atoms with Gasteiger partial charge in [0.25, 0.3) is 0 Å². The fourth-order valence-corrected chi connectivity index (χ4v) is 3.38. The average molecular weight is 471 g/mol. The Balaban J connectivity index is 1.92. The van der Waals surface area contributed by atoms with Crippen molar-refractivity contribution in [1.29, 1.82) is 0 Å². The first-order chi connectivity index (χ1) is 14.6. The number of carbonyl (C=O) groups is 4. The molecule has 1 heterocycles. The molecule has 2 aromatic rings. The number of benzene rings is 1. The van der Waals surface area contributed by atoms with Crippen LogP contribution >= 0.6 is 23.2 Å². The number of amides is 2. The summed E-state index contributed by atoms with van der Waals surface area (Å²) in [7, 11) is 0. The third-order valence-corrected chi connectivity index (χ3v) is 5.49. The Bertz CT molecular complexity index is 976. The summed E-state index contributed by atoms with van der Waals surface area (Å²) in [6.45, 7) is 4.28. The van der Waals surface area contributed by atoms with Crippen LogP contribution in [0.5, 0.6) is 0 Å². The Morgan fingerprint density at radius 2 is 1.87 bits per heavy atom. The number of rotatable bonds is 11. The summed E-state index contributed by atoms with van der Waals surface area (Å²) in [6.07, 6.45) is 1.39. The maximum Gasteiger partial charge on any atom is 0.305 e. The highest BCUT2D eigenvalue weighted by Crippen LogP contribution is 2.27. The lowest BCUT2D eigenvalue weighted by molar-refractivity contribution is -0.139. The zero-order valence-corrected chi connectivity index (χ0v) is 18.6. The quantitative estimate of drug-likeness (QED) is 0.431. The molecule has 2 atom stereocenters. The van der Waals surface area contributed by atoms with Crippen LogP contribution < -0.4 is 10.6 Å². The maximum absolute atomic E-state index is 12.5. The number of carbonyl (C=O) groups excluding carboxylic acids is 3. The summed E-state index contributed by atoms with van der Waals surface area (Å²) in [5, 5.41) is 14.8. The van der Waals surface area contributed by atoms with Gasteiger partial charge in [0.1, 0.15) is 6.29 Å². The van der Waals surface area contributed by atoms with Gasteiger partial charge >= 0.3 is 5.97 Å². The molecule has 0 aliphatic carbocycles. The molecule has 0 saturated heterocycles. The van der Waals surface area contributed by atoms with E-state index in [1.807, 2.05) is 4.57 Å². The van der Waals surface area contributed by atoms with Gasteiger partial charge in [-0.3, -0.25) is 14.4 Å². The van der Waals surface area contributed by atoms with Crippen molar-refractivity contribution in [3.63, 3.8) is 0 Å². The van der Waals surface area contributed by atoms with Gasteiger partial charge in [0.05, 0.1) is 39.9 Å². The number of hydrogen-bond donors (Lipinski definition) is 3. The molecule has 0 saturated carbocycles. The fraction of sp³-hybridized carbons (Fsp3) is 0.450. The predicted octanol–water partition coefficient (Wildman–Crippen LogP) is 2.28. The van der Waals surface area contributed by atoms with Gasteiger partial charge < -0.3 is 25.1 Å². The first-order valence-electron chi connectivity index (χ1n) is 9.66. The van der Waals surface area contributed by atoms with E-state index in [0.29, 0.717) is 34.9 Å². The highest BCUT2D eigenvalue weighted by atomic mass is 35.5. The summed E-state index contributed by atoms with van der Waals surface area (Å²) in [4.78, 5) is 50.8. The van der Waals surface area contributed by atoms with Crippen molar-refractivity contribution in [2.75, 3.05) is 6.54 Å². The molecule has 168 valence electrons. The summed E-state index contributed by atoms with van der Waals surface area (Å²) in [5.41, 5.74) is 1.46. The van der Waals surface area contributed by atoms with Crippen LogP contribution in [0.2, 0.25) is 10.0 Å². The van der Waals surface area contributed by atoms with Crippen molar-refractivity contribution < 1.29 is 24.3 Å². The molecule has 3 N–H and O–H groups in total. The average Bonchev–Trinajstić information content (AvgIpc) is 3.06. The number of nitrogens with one attached hydrogen (secondary N) is 2. The molecule has 2 amide bonds. The molecule has 31 heavy (non-hydrogen) atoms. The van der Waals surface area contributed by atoms with Gasteiger partial charge in [0.2, 0.25) is 11.8 Å². The third-order valence-electron chi connectivity index (χ3n) is 4.77. The number of nitrogens with zero attached hydrogens (tertiary/aromatic N) is 2. The van der Waals surface area contributed by atoms with Gasteiger partial charge in [0, 0.05) is 25.4 Å². The molecule has 0 aliphatic rings. The number of aliphatic carboxylic acids is 1. The Hall–Kier alpha value is -2.65. The number of halogens is 2. The molecule has 11 heteroatoms. The van der Waals surface area contributed by atoms with Crippen LogP contribution in [0.3, 0.4) is 0 Å². The van der Waals surface area contributed by atoms with E-state index in [2.05, 4.69) is 15.6 Å². The minimum Gasteiger partial charge on any atom is -0.481 e. The lowest BCUT2D eigenvalue weighted by atomic mass is 9.91. The third kappa shape index (κ3) is 6.93. The van der Waals surface area contributed by atoms with E-state index in [4.69, 9.17) is 28.3 Å². The number of fused-ring (bicyclic) bond motifs is 1. The second kappa shape index (κ2) is 11.1. The van der Waals surface area contributed by atoms with Crippen molar-refractivity contribution in [2.24, 2.45) is 11.8 Å². The van der Waals surface area contributed by atoms with Crippen molar-refractivity contribution in [2.45, 2.75) is 39.3 Å². The minimum absolute atomic E-state index is 0.0890. The van der Waals surface area contributed by atoms with Gasteiger partial charge in [-0.15, -0.1) is 0 Å². The lowest BCUT2D eigenvalue weighted by Crippen LogP contribution is -2.44. The van der Waals surface area contributed by atoms with E-state index in [9.17, 15) is 19.2 Å². The van der Waals surface area contributed by atoms with Crippen LogP contribution in [0.25, 0.3) is 11.0 Å². The molecule has 0 spiro atoms. The molecule has 0 bridgehead atoms. The summed E-state index contributed by atoms with van der Waals surface area (Å²) < 4.78 is 1.82. The van der Waals surface area contributed by atoms with Crippen LogP contribution in [0.4, 0.5) is 0 Å². The van der Waals surface area contributed by atoms with E-state index >= 15 is 0 Å². The van der Waals surface area contributed by atoms with E-state index in [-0.39, 0.29) is 18.2 Å². The van der Waals surface area contributed by atoms with E-state index in [1.54, 1.807) is 32.3 Å². The molecule has 0 fully saturated rings. The molecule has 2 unspecified atom stereocenters. The molecular weight excluding hydrogens is 447 g/mol. The summed E-state index contributed by atoms with van der Waals surface area (Å²) in [5.74, 6) is -2.96. The highest BCUT2D eigenvalue weighted by Gasteiger charge is 2.27. The number of carboxylic acids is 1. The molecule has 0 radical (unpaired) electrons. The van der Waals surface area contributed by atoms with E-state index < -0.39 is 30.3 Å². The Labute approximate surface area is 189 Å². The topological polar surface area (TPSA) is 130 Å². The zero-order valence-electron chi connectivity index (χ0n) is 17.1. The zero-order chi connectivity index (χ0) is 23.1. The van der Waals surface area contributed by atoms with Gasteiger partial charge in [0.15, 0.2) is 0 Å². The van der Waals surface area contributed by atoms with Gasteiger partial charge in [-0.1, -0.05) is 37.0 Å². The molecule has 9 nitrogen and oxygen atoms in total. The number of carboxylic acid groups (broad SMARTS) is 1. The van der Waals surface area contributed by atoms with Crippen LogP contribution in [0.15, 0.2) is 18.5 Å². The van der Waals surface area contributed by atoms with Crippen molar-refractivity contribution in [1.82, 2.24) is 20.2 Å². The maximum atomic E-state index is 12.5. The first-order valence-corrected chi connectivity index (χ1v) is 10.4. The van der Waals surface area contributed by atoms with Gasteiger partial charge in [-0.25, -0.2) is 4.98 Å². The monoisotopic (exact) mass is 470 g/mol. The fourth-order valence-electron chi connectivity index (χ4n) is 3.06. The molecular formula is C20H24Cl2N4O5. The van der Waals surface area contributed by atoms with E-state index in [1.165, 1.54) is 0 Å². The molecule has 1 aromatic heterocycles. The molecule has 1 aromatic carbocycles. The minimum atomic E-state index is -1.20. The largest absolute Gasteiger partial charge is 0.481 e. The molecule has 0 aliphatic heterocycles. The van der Waals surface area contributed by atoms with Crippen LogP contribution in [-0.2, 0) is 25.7 Å². The van der Waals surface area contributed by atoms with Crippen molar-refractivity contribution in [3.05, 3.63) is 28.5 Å². The van der Waals surface area contributed by atoms with Crippen molar-refractivity contribution in [3.8, 4) is 0 Å². The number of imidazole rings is 1. The van der Waals surface area contributed by atoms with Crippen LogP contribution in [-0.4, -0.2) is 51.3 Å². The second-order valence-corrected chi connectivity index (χ2v) is 8.26. The van der Waals surface area contributed by atoms with Crippen LogP contribution in [0.1, 0.15) is 26.7 Å². The number of hydrogen-bond acceptors (Lipinski definition) is 5. The SMILES string of the molecule is CC(C)C(CC(=O)NCCn1cnc2cc(Cl)c(Cl)cc21)C(=O)NC(C=O)CC(=O)O. The number of aldehydes is 1. The Kier molecular flexibility index (Phi) is 8.82. The second-order valence-electron chi connectivity index (χ2n) is 7.45. The normalized spacial score (nSPS) is 13.1. The molecule has 2 rings (SSSR count). The first kappa shape index (κ1) is 24.6. The van der Waals surface area contributed by atoms with Crippen molar-refractivity contribution >= 4 is 58.3 Å². The number of aromatic nitrogens is 2. The van der Waals surface area contributed by atoms with Crippen LogP contribution in [0, 0.1) is 11.8 Å². The summed E-state index contributed by atoms with van der Waals surface area (Å²) >= 11 is 12.0. The lowest BCUT2D eigenvalue weighted by Gasteiger charge is -2.21. The highest BCUT2D eigenvalue weighted by molar-refractivity contribution is 6.42. The predicted molar refractivity (Wildman–Crippen MR) is 116 cm³/mol. The standard InChI is InChI=1S/C20H24Cl2N4O5/c1-11(2)13(20(31)25-12(9-27)5-19(29)30)6-18(28)23-3-4-26-10-24-16-7-14(21)15(22)8-17(16)26/h7-13H,3-6H2,1-2H3,(H,23,28)(H,25,31)(H,29,30). The van der Waals surface area contributed by atoms with Gasteiger partial charge in [-0.05, 0) is 18.1 Å². The van der Waals surface area contributed by atoms with Gasteiger partial charge in [-0.2, -0.15) is 0 Å². The Morgan fingerprint density at radius 3 is 2.48 bits per heavy atom. The van der Waals surface area contributed by atoms with E-state index in [0.717, 1.165) is 5.52 Å². The summed E-state index contributed by atoms with van der Waals surface area (Å²) in [6, 6.07) is 2.23.